The Morgan fingerprint density at radius 3 is 2.33 bits per heavy atom. The number of pyridine rings is 1. The van der Waals surface area contributed by atoms with Gasteiger partial charge in [-0.15, -0.1) is 0 Å². The number of fused-ring (bicyclic) bond motifs is 1. The average Bonchev–Trinajstić information content (AvgIpc) is 2.48. The molecule has 1 heteroatoms. The average molecular weight is 273 g/mol. The molecule has 0 bridgehead atoms. The molecule has 2 aromatic carbocycles. The third kappa shape index (κ3) is 2.36. The fraction of sp³-hybridized carbons (Fsp3) is 0.150. The van der Waals surface area contributed by atoms with Crippen molar-refractivity contribution in [2.45, 2.75) is 20.8 Å². The molecule has 0 spiro atoms. The van der Waals surface area contributed by atoms with E-state index in [-0.39, 0.29) is 0 Å². The zero-order chi connectivity index (χ0) is 15.0. The van der Waals surface area contributed by atoms with E-state index < -0.39 is 0 Å². The molecule has 104 valence electrons. The van der Waals surface area contributed by atoms with E-state index in [1.807, 2.05) is 13.0 Å². The minimum Gasteiger partial charge on any atom is -0.252 e. The highest BCUT2D eigenvalue weighted by Gasteiger charge is 2.14. The first-order valence-electron chi connectivity index (χ1n) is 7.20. The maximum atomic E-state index is 4.82. The molecule has 0 unspecified atom stereocenters. The molecule has 0 N–H and O–H groups in total. The van der Waals surface area contributed by atoms with Crippen LogP contribution in [0.25, 0.3) is 27.5 Å². The molecule has 0 atom stereocenters. The van der Waals surface area contributed by atoms with Crippen LogP contribution in [0.1, 0.15) is 23.9 Å². The molecule has 0 aliphatic heterocycles. The van der Waals surface area contributed by atoms with Crippen molar-refractivity contribution >= 4 is 16.3 Å². The summed E-state index contributed by atoms with van der Waals surface area (Å²) in [5.41, 5.74) is 6.69. The molecule has 0 saturated carbocycles. The Morgan fingerprint density at radius 2 is 1.67 bits per heavy atom. The number of aromatic nitrogens is 1. The van der Waals surface area contributed by atoms with E-state index in [9.17, 15) is 0 Å². The van der Waals surface area contributed by atoms with Gasteiger partial charge < -0.3 is 0 Å². The van der Waals surface area contributed by atoms with E-state index in [1.54, 1.807) is 0 Å². The molecule has 0 saturated heterocycles. The Hall–Kier alpha value is -2.41. The Kier molecular flexibility index (Phi) is 3.34. The van der Waals surface area contributed by atoms with E-state index in [0.717, 1.165) is 17.0 Å². The molecule has 3 rings (SSSR count). The summed E-state index contributed by atoms with van der Waals surface area (Å²) in [5.74, 6) is 0. The van der Waals surface area contributed by atoms with Crippen LogP contribution in [0.15, 0.2) is 55.1 Å². The van der Waals surface area contributed by atoms with Gasteiger partial charge in [0.25, 0.3) is 0 Å². The molecule has 1 nitrogen and oxygen atoms in total. The van der Waals surface area contributed by atoms with E-state index in [0.29, 0.717) is 0 Å². The van der Waals surface area contributed by atoms with Crippen LogP contribution in [0, 0.1) is 13.8 Å². The fourth-order valence-corrected chi connectivity index (χ4v) is 2.79. The monoisotopic (exact) mass is 273 g/mol. The normalized spacial score (nSPS) is 10.8. The van der Waals surface area contributed by atoms with Crippen molar-refractivity contribution < 1.29 is 0 Å². The summed E-state index contributed by atoms with van der Waals surface area (Å²) in [4.78, 5) is 4.82. The molecular formula is C20H19N. The Bertz CT molecular complexity index is 829. The molecule has 0 fully saturated rings. The van der Waals surface area contributed by atoms with Gasteiger partial charge >= 0.3 is 0 Å². The Labute approximate surface area is 126 Å². The van der Waals surface area contributed by atoms with Crippen molar-refractivity contribution in [2.24, 2.45) is 0 Å². The second-order valence-electron chi connectivity index (χ2n) is 5.62. The second-order valence-corrected chi connectivity index (χ2v) is 5.62. The van der Waals surface area contributed by atoms with Crippen molar-refractivity contribution in [2.75, 3.05) is 0 Å². The highest BCUT2D eigenvalue weighted by molar-refractivity contribution is 6.01. The summed E-state index contributed by atoms with van der Waals surface area (Å²) in [7, 11) is 0. The number of hydrogen-bond acceptors (Lipinski definition) is 1. The Balaban J connectivity index is 2.47. The molecule has 0 amide bonds. The third-order valence-electron chi connectivity index (χ3n) is 3.82. The molecule has 3 aromatic rings. The van der Waals surface area contributed by atoms with E-state index in [1.165, 1.54) is 27.5 Å². The van der Waals surface area contributed by atoms with Gasteiger partial charge in [-0.1, -0.05) is 54.6 Å². The predicted molar refractivity (Wildman–Crippen MR) is 91.4 cm³/mol. The Morgan fingerprint density at radius 1 is 0.952 bits per heavy atom. The lowest BCUT2D eigenvalue weighted by atomic mass is 9.93. The highest BCUT2D eigenvalue weighted by Crippen LogP contribution is 2.35. The smallest absolute Gasteiger partial charge is 0.0740 e. The van der Waals surface area contributed by atoms with E-state index in [4.69, 9.17) is 4.98 Å². The maximum absolute atomic E-state index is 4.82. The molecule has 0 radical (unpaired) electrons. The fourth-order valence-electron chi connectivity index (χ4n) is 2.79. The third-order valence-corrected chi connectivity index (χ3v) is 3.82. The summed E-state index contributed by atoms with van der Waals surface area (Å²) in [6.07, 6.45) is 0. The van der Waals surface area contributed by atoms with Crippen LogP contribution in [0.2, 0.25) is 0 Å². The minimum absolute atomic E-state index is 0.995. The predicted octanol–water partition coefficient (Wildman–Crippen LogP) is 5.55. The SMILES string of the molecule is C=C(C)c1nc(C)c2cc(C)ccc2c1-c1ccccc1. The topological polar surface area (TPSA) is 12.9 Å². The molecule has 1 heterocycles. The first-order chi connectivity index (χ1) is 10.1. The lowest BCUT2D eigenvalue weighted by Gasteiger charge is -2.15. The zero-order valence-corrected chi connectivity index (χ0v) is 12.8. The van der Waals surface area contributed by atoms with Crippen LogP contribution in [-0.4, -0.2) is 4.98 Å². The lowest BCUT2D eigenvalue weighted by molar-refractivity contribution is 1.20. The van der Waals surface area contributed by atoms with Crippen LogP contribution < -0.4 is 0 Å². The first-order valence-corrected chi connectivity index (χ1v) is 7.20. The summed E-state index contributed by atoms with van der Waals surface area (Å²) in [6.45, 7) is 10.3. The largest absolute Gasteiger partial charge is 0.252 e. The van der Waals surface area contributed by atoms with Crippen LogP contribution in [0.4, 0.5) is 0 Å². The van der Waals surface area contributed by atoms with E-state index >= 15 is 0 Å². The number of rotatable bonds is 2. The molecule has 21 heavy (non-hydrogen) atoms. The number of nitrogens with zero attached hydrogens (tertiary/aromatic N) is 1. The van der Waals surface area contributed by atoms with Crippen LogP contribution in [0.5, 0.6) is 0 Å². The van der Waals surface area contributed by atoms with Gasteiger partial charge in [-0.05, 0) is 43.4 Å². The summed E-state index contributed by atoms with van der Waals surface area (Å²) < 4.78 is 0. The second kappa shape index (κ2) is 5.17. The zero-order valence-electron chi connectivity index (χ0n) is 12.8. The van der Waals surface area contributed by atoms with Gasteiger partial charge in [-0.2, -0.15) is 0 Å². The van der Waals surface area contributed by atoms with Crippen LogP contribution in [-0.2, 0) is 0 Å². The number of benzene rings is 2. The molecular weight excluding hydrogens is 254 g/mol. The van der Waals surface area contributed by atoms with Crippen molar-refractivity contribution in [3.63, 3.8) is 0 Å². The van der Waals surface area contributed by atoms with E-state index in [2.05, 4.69) is 62.9 Å². The molecule has 1 aromatic heterocycles. The quantitative estimate of drug-likeness (QED) is 0.596. The highest BCUT2D eigenvalue weighted by atomic mass is 14.7. The first kappa shape index (κ1) is 13.6. The van der Waals surface area contributed by atoms with Gasteiger partial charge in [0.1, 0.15) is 0 Å². The molecule has 0 aliphatic carbocycles. The maximum Gasteiger partial charge on any atom is 0.0740 e. The number of aryl methyl sites for hydroxylation is 2. The standard InChI is InChI=1S/C20H19N/c1-13(2)20-19(16-8-6-5-7-9-16)17-11-10-14(3)12-18(17)15(4)21-20/h5-12H,1H2,2-4H3. The van der Waals surface area contributed by atoms with Crippen molar-refractivity contribution in [1.29, 1.82) is 0 Å². The van der Waals surface area contributed by atoms with Gasteiger partial charge in [0.15, 0.2) is 0 Å². The number of allylic oxidation sites excluding steroid dienone is 1. The van der Waals surface area contributed by atoms with Crippen LogP contribution in [0.3, 0.4) is 0 Å². The number of hydrogen-bond donors (Lipinski definition) is 0. The van der Waals surface area contributed by atoms with Crippen molar-refractivity contribution in [1.82, 2.24) is 4.98 Å². The van der Waals surface area contributed by atoms with Gasteiger partial charge in [0.05, 0.1) is 5.69 Å². The van der Waals surface area contributed by atoms with Crippen molar-refractivity contribution in [3.05, 3.63) is 72.1 Å². The molecule has 0 aliphatic rings. The van der Waals surface area contributed by atoms with Gasteiger partial charge in [0, 0.05) is 16.6 Å². The van der Waals surface area contributed by atoms with Crippen molar-refractivity contribution in [3.8, 4) is 11.1 Å². The summed E-state index contributed by atoms with van der Waals surface area (Å²) in [6, 6.07) is 17.0. The minimum atomic E-state index is 0.995. The van der Waals surface area contributed by atoms with Gasteiger partial charge in [-0.3, -0.25) is 4.98 Å². The van der Waals surface area contributed by atoms with Gasteiger partial charge in [-0.25, -0.2) is 0 Å². The lowest BCUT2D eigenvalue weighted by Crippen LogP contribution is -1.97. The van der Waals surface area contributed by atoms with Crippen LogP contribution >= 0.6 is 0 Å². The van der Waals surface area contributed by atoms with Gasteiger partial charge in [0.2, 0.25) is 0 Å². The summed E-state index contributed by atoms with van der Waals surface area (Å²) in [5, 5.41) is 2.47. The summed E-state index contributed by atoms with van der Waals surface area (Å²) >= 11 is 0.